The van der Waals surface area contributed by atoms with Crippen molar-refractivity contribution in [2.24, 2.45) is 5.41 Å². The standard InChI is InChI=1S/C11H17ClN2S/c1-3-11(4-2)5-6-14(8-11)10-13-9(12)7-15-10/h7H,3-6,8H2,1-2H3. The highest BCUT2D eigenvalue weighted by atomic mass is 35.5. The second-order valence-corrected chi connectivity index (χ2v) is 5.56. The first-order valence-corrected chi connectivity index (χ1v) is 6.81. The highest BCUT2D eigenvalue weighted by molar-refractivity contribution is 7.14. The lowest BCUT2D eigenvalue weighted by Gasteiger charge is -2.26. The molecule has 84 valence electrons. The lowest BCUT2D eigenvalue weighted by atomic mass is 9.82. The maximum Gasteiger partial charge on any atom is 0.186 e. The summed E-state index contributed by atoms with van der Waals surface area (Å²) in [5, 5.41) is 3.62. The van der Waals surface area contributed by atoms with E-state index in [2.05, 4.69) is 23.7 Å². The van der Waals surface area contributed by atoms with Gasteiger partial charge in [0.05, 0.1) is 0 Å². The van der Waals surface area contributed by atoms with Gasteiger partial charge in [0.25, 0.3) is 0 Å². The minimum absolute atomic E-state index is 0.512. The summed E-state index contributed by atoms with van der Waals surface area (Å²) in [6, 6.07) is 0. The highest BCUT2D eigenvalue weighted by Crippen LogP contribution is 2.39. The Labute approximate surface area is 100 Å². The van der Waals surface area contributed by atoms with Crippen LogP contribution >= 0.6 is 22.9 Å². The van der Waals surface area contributed by atoms with Crippen LogP contribution in [0.4, 0.5) is 5.13 Å². The number of thiazole rings is 1. The molecule has 0 aromatic carbocycles. The van der Waals surface area contributed by atoms with E-state index in [9.17, 15) is 0 Å². The minimum Gasteiger partial charge on any atom is -0.347 e. The Morgan fingerprint density at radius 3 is 2.73 bits per heavy atom. The Morgan fingerprint density at radius 1 is 1.53 bits per heavy atom. The predicted octanol–water partition coefficient (Wildman–Crippen LogP) is 3.81. The van der Waals surface area contributed by atoms with E-state index < -0.39 is 0 Å². The third kappa shape index (κ3) is 2.13. The first-order valence-electron chi connectivity index (χ1n) is 5.55. The number of halogens is 1. The molecule has 0 atom stereocenters. The van der Waals surface area contributed by atoms with Crippen molar-refractivity contribution in [2.75, 3.05) is 18.0 Å². The average molecular weight is 245 g/mol. The number of hydrogen-bond acceptors (Lipinski definition) is 3. The van der Waals surface area contributed by atoms with E-state index in [4.69, 9.17) is 11.6 Å². The van der Waals surface area contributed by atoms with Gasteiger partial charge in [0.1, 0.15) is 5.15 Å². The molecule has 1 aliphatic rings. The maximum absolute atomic E-state index is 5.85. The molecule has 0 unspecified atom stereocenters. The molecule has 1 saturated heterocycles. The first-order chi connectivity index (χ1) is 7.19. The van der Waals surface area contributed by atoms with Crippen LogP contribution in [0.5, 0.6) is 0 Å². The molecule has 2 heterocycles. The molecule has 15 heavy (non-hydrogen) atoms. The topological polar surface area (TPSA) is 16.1 Å². The lowest BCUT2D eigenvalue weighted by Crippen LogP contribution is -2.25. The van der Waals surface area contributed by atoms with Crippen LogP contribution in [0.15, 0.2) is 5.38 Å². The Hall–Kier alpha value is -0.280. The van der Waals surface area contributed by atoms with E-state index in [1.807, 2.05) is 5.38 Å². The molecule has 0 N–H and O–H groups in total. The third-order valence-electron chi connectivity index (χ3n) is 3.67. The summed E-state index contributed by atoms with van der Waals surface area (Å²) in [6.45, 7) is 6.86. The number of anilines is 1. The molecule has 0 saturated carbocycles. The zero-order valence-electron chi connectivity index (χ0n) is 9.29. The molecule has 0 aliphatic carbocycles. The highest BCUT2D eigenvalue weighted by Gasteiger charge is 2.35. The van der Waals surface area contributed by atoms with Gasteiger partial charge in [-0.15, -0.1) is 11.3 Å². The van der Waals surface area contributed by atoms with Crippen molar-refractivity contribution in [3.8, 4) is 0 Å². The van der Waals surface area contributed by atoms with Crippen molar-refractivity contribution in [2.45, 2.75) is 33.1 Å². The molecule has 1 fully saturated rings. The third-order valence-corrected chi connectivity index (χ3v) is 4.90. The van der Waals surface area contributed by atoms with Gasteiger partial charge in [0.15, 0.2) is 5.13 Å². The first kappa shape index (κ1) is 11.2. The van der Waals surface area contributed by atoms with Crippen LogP contribution < -0.4 is 4.90 Å². The summed E-state index contributed by atoms with van der Waals surface area (Å²) in [7, 11) is 0. The molecule has 4 heteroatoms. The smallest absolute Gasteiger partial charge is 0.186 e. The maximum atomic E-state index is 5.85. The Morgan fingerprint density at radius 2 is 2.27 bits per heavy atom. The summed E-state index contributed by atoms with van der Waals surface area (Å²) in [5.41, 5.74) is 0.512. The van der Waals surface area contributed by atoms with E-state index in [1.54, 1.807) is 11.3 Å². The fraction of sp³-hybridized carbons (Fsp3) is 0.727. The van der Waals surface area contributed by atoms with Gasteiger partial charge in [-0.1, -0.05) is 25.4 Å². The van der Waals surface area contributed by atoms with Gasteiger partial charge in [0.2, 0.25) is 0 Å². The molecule has 2 nitrogen and oxygen atoms in total. The van der Waals surface area contributed by atoms with E-state index in [1.165, 1.54) is 19.3 Å². The van der Waals surface area contributed by atoms with Crippen molar-refractivity contribution < 1.29 is 0 Å². The second-order valence-electron chi connectivity index (χ2n) is 4.33. The number of hydrogen-bond donors (Lipinski definition) is 0. The van der Waals surface area contributed by atoms with Gasteiger partial charge >= 0.3 is 0 Å². The average Bonchev–Trinajstić information content (AvgIpc) is 2.84. The van der Waals surface area contributed by atoms with E-state index >= 15 is 0 Å². The van der Waals surface area contributed by atoms with Crippen molar-refractivity contribution in [3.05, 3.63) is 10.5 Å². The predicted molar refractivity (Wildman–Crippen MR) is 67.0 cm³/mol. The van der Waals surface area contributed by atoms with Crippen molar-refractivity contribution in [3.63, 3.8) is 0 Å². The second kappa shape index (κ2) is 4.30. The monoisotopic (exact) mass is 244 g/mol. The fourth-order valence-corrected chi connectivity index (χ4v) is 3.29. The van der Waals surface area contributed by atoms with Crippen LogP contribution in [-0.2, 0) is 0 Å². The van der Waals surface area contributed by atoms with E-state index in [-0.39, 0.29) is 0 Å². The molecule has 1 aromatic heterocycles. The molecule has 0 spiro atoms. The molecule has 1 aliphatic heterocycles. The van der Waals surface area contributed by atoms with E-state index in [0.29, 0.717) is 10.6 Å². The zero-order chi connectivity index (χ0) is 10.9. The molecular formula is C11H17ClN2S. The Kier molecular flexibility index (Phi) is 3.21. The van der Waals surface area contributed by atoms with Gasteiger partial charge in [-0.05, 0) is 24.7 Å². The zero-order valence-corrected chi connectivity index (χ0v) is 10.9. The van der Waals surface area contributed by atoms with Crippen LogP contribution in [0.25, 0.3) is 0 Å². The van der Waals surface area contributed by atoms with Crippen molar-refractivity contribution in [1.82, 2.24) is 4.98 Å². The molecule has 0 bridgehead atoms. The van der Waals surface area contributed by atoms with Gasteiger partial charge in [-0.25, -0.2) is 4.98 Å². The van der Waals surface area contributed by atoms with Gasteiger partial charge in [-0.3, -0.25) is 0 Å². The molecule has 0 amide bonds. The molecule has 1 aromatic rings. The fourth-order valence-electron chi connectivity index (χ4n) is 2.32. The van der Waals surface area contributed by atoms with Gasteiger partial charge < -0.3 is 4.90 Å². The summed E-state index contributed by atoms with van der Waals surface area (Å²) in [5.74, 6) is 0. The summed E-state index contributed by atoms with van der Waals surface area (Å²) in [4.78, 5) is 6.72. The van der Waals surface area contributed by atoms with Gasteiger partial charge in [-0.2, -0.15) is 0 Å². The summed E-state index contributed by atoms with van der Waals surface area (Å²) < 4.78 is 0. The largest absolute Gasteiger partial charge is 0.347 e. The van der Waals surface area contributed by atoms with Crippen LogP contribution in [-0.4, -0.2) is 18.1 Å². The number of aromatic nitrogens is 1. The molecule has 2 rings (SSSR count). The normalized spacial score (nSPS) is 19.8. The number of rotatable bonds is 3. The van der Waals surface area contributed by atoms with Crippen LogP contribution in [0.1, 0.15) is 33.1 Å². The van der Waals surface area contributed by atoms with Gasteiger partial charge in [0, 0.05) is 18.5 Å². The quantitative estimate of drug-likeness (QED) is 0.804. The Bertz CT molecular complexity index is 333. The summed E-state index contributed by atoms with van der Waals surface area (Å²) in [6.07, 6.45) is 3.81. The Balaban J connectivity index is 2.09. The molecule has 0 radical (unpaired) electrons. The van der Waals surface area contributed by atoms with Crippen molar-refractivity contribution >= 4 is 28.1 Å². The van der Waals surface area contributed by atoms with Crippen LogP contribution in [0, 0.1) is 5.41 Å². The van der Waals surface area contributed by atoms with Crippen LogP contribution in [0.3, 0.4) is 0 Å². The summed E-state index contributed by atoms with van der Waals surface area (Å²) >= 11 is 7.50. The van der Waals surface area contributed by atoms with Crippen molar-refractivity contribution in [1.29, 1.82) is 0 Å². The SMILES string of the molecule is CCC1(CC)CCN(c2nc(Cl)cs2)C1. The lowest BCUT2D eigenvalue weighted by molar-refractivity contribution is 0.301. The number of nitrogens with zero attached hydrogens (tertiary/aromatic N) is 2. The minimum atomic E-state index is 0.512. The molecular weight excluding hydrogens is 228 g/mol. The van der Waals surface area contributed by atoms with E-state index in [0.717, 1.165) is 18.2 Å². The van der Waals surface area contributed by atoms with Crippen LogP contribution in [0.2, 0.25) is 5.15 Å².